The maximum Gasteiger partial charge on any atom is 0.416 e. The molecule has 0 unspecified atom stereocenters. The molecule has 0 aliphatic heterocycles. The summed E-state index contributed by atoms with van der Waals surface area (Å²) in [6, 6.07) is 10.5. The number of pyridine rings is 1. The molecule has 0 aliphatic carbocycles. The Hall–Kier alpha value is -2.93. The van der Waals surface area contributed by atoms with E-state index in [1.807, 2.05) is 0 Å². The van der Waals surface area contributed by atoms with Crippen molar-refractivity contribution in [3.63, 3.8) is 0 Å². The van der Waals surface area contributed by atoms with Crippen LogP contribution in [0.15, 0.2) is 54.7 Å². The van der Waals surface area contributed by atoms with Gasteiger partial charge in [-0.25, -0.2) is 9.37 Å². The van der Waals surface area contributed by atoms with Gasteiger partial charge in [0, 0.05) is 12.6 Å². The van der Waals surface area contributed by atoms with Crippen LogP contribution in [-0.4, -0.2) is 17.9 Å². The average Bonchev–Trinajstić information content (AvgIpc) is 2.72. The number of hydrogen-bond acceptors (Lipinski definition) is 2. The monoisotopic (exact) mass is 464 g/mol. The van der Waals surface area contributed by atoms with E-state index in [1.54, 1.807) is 32.9 Å². The van der Waals surface area contributed by atoms with Crippen molar-refractivity contribution in [2.75, 3.05) is 11.9 Å². The highest BCUT2D eigenvalue weighted by Gasteiger charge is 2.37. The van der Waals surface area contributed by atoms with Gasteiger partial charge in [-0.1, -0.05) is 35.9 Å². The zero-order valence-corrected chi connectivity index (χ0v) is 18.6. The lowest BCUT2D eigenvalue weighted by Gasteiger charge is -2.31. The first-order valence-corrected chi connectivity index (χ1v) is 10.1. The predicted molar refractivity (Wildman–Crippen MR) is 117 cm³/mol. The summed E-state index contributed by atoms with van der Waals surface area (Å²) in [7, 11) is 1.52. The van der Waals surface area contributed by atoms with Crippen LogP contribution in [0, 0.1) is 12.7 Å². The number of nitrogens with zero attached hydrogens (tertiary/aromatic N) is 2. The molecule has 3 rings (SSSR count). The number of halogens is 5. The van der Waals surface area contributed by atoms with E-state index in [0.717, 1.165) is 12.1 Å². The largest absolute Gasteiger partial charge is 0.416 e. The van der Waals surface area contributed by atoms with E-state index in [4.69, 9.17) is 11.6 Å². The Morgan fingerprint density at radius 3 is 2.28 bits per heavy atom. The van der Waals surface area contributed by atoms with Gasteiger partial charge in [0.1, 0.15) is 11.0 Å². The molecule has 0 radical (unpaired) electrons. The number of aryl methyl sites for hydroxylation is 1. The average molecular weight is 465 g/mol. The Labute approximate surface area is 188 Å². The molecular formula is C24H21ClF4N2O. The van der Waals surface area contributed by atoms with E-state index in [9.17, 15) is 22.4 Å². The summed E-state index contributed by atoms with van der Waals surface area (Å²) in [6.07, 6.45) is -3.10. The number of alkyl halides is 3. The smallest absolute Gasteiger partial charge is 0.313 e. The SMILES string of the molecule is Cc1cc(F)ccc1-c1cc(Cl)ncc1N(C)C(=O)C(C)(C)c1cccc(C(F)(F)F)c1. The molecule has 2 aromatic carbocycles. The van der Waals surface area contributed by atoms with Gasteiger partial charge >= 0.3 is 6.18 Å². The Balaban J connectivity index is 2.06. The number of hydrogen-bond donors (Lipinski definition) is 0. The molecule has 1 heterocycles. The first-order valence-electron chi connectivity index (χ1n) is 9.70. The van der Waals surface area contributed by atoms with Gasteiger partial charge in [0.2, 0.25) is 5.91 Å². The lowest BCUT2D eigenvalue weighted by Crippen LogP contribution is -2.42. The van der Waals surface area contributed by atoms with Gasteiger partial charge in [-0.15, -0.1) is 0 Å². The molecule has 0 spiro atoms. The van der Waals surface area contributed by atoms with E-state index in [0.29, 0.717) is 22.4 Å². The number of rotatable bonds is 4. The van der Waals surface area contributed by atoms with Crippen molar-refractivity contribution < 1.29 is 22.4 Å². The summed E-state index contributed by atoms with van der Waals surface area (Å²) < 4.78 is 53.2. The molecule has 1 amide bonds. The molecule has 1 aromatic heterocycles. The Morgan fingerprint density at radius 1 is 1.00 bits per heavy atom. The van der Waals surface area contributed by atoms with Crippen molar-refractivity contribution in [3.8, 4) is 11.1 Å². The van der Waals surface area contributed by atoms with Crippen LogP contribution in [0.25, 0.3) is 11.1 Å². The second-order valence-electron chi connectivity index (χ2n) is 8.05. The van der Waals surface area contributed by atoms with Crippen molar-refractivity contribution in [1.29, 1.82) is 0 Å². The molecule has 0 saturated heterocycles. The van der Waals surface area contributed by atoms with E-state index in [2.05, 4.69) is 4.98 Å². The minimum absolute atomic E-state index is 0.186. The number of likely N-dealkylation sites (N-methyl/N-ethyl adjacent to an activating group) is 1. The number of benzene rings is 2. The van der Waals surface area contributed by atoms with Gasteiger partial charge in [-0.05, 0) is 61.7 Å². The minimum Gasteiger partial charge on any atom is -0.313 e. The normalized spacial score (nSPS) is 12.0. The number of anilines is 1. The van der Waals surface area contributed by atoms with Crippen LogP contribution < -0.4 is 4.90 Å². The number of amides is 1. The van der Waals surface area contributed by atoms with Gasteiger partial charge in [0.05, 0.1) is 22.9 Å². The fraction of sp³-hybridized carbons (Fsp3) is 0.250. The lowest BCUT2D eigenvalue weighted by atomic mass is 9.82. The maximum atomic E-state index is 13.6. The molecule has 0 saturated carbocycles. The highest BCUT2D eigenvalue weighted by Crippen LogP contribution is 2.37. The molecule has 8 heteroatoms. The second-order valence-corrected chi connectivity index (χ2v) is 8.44. The highest BCUT2D eigenvalue weighted by atomic mass is 35.5. The molecule has 0 atom stereocenters. The fourth-order valence-corrected chi connectivity index (χ4v) is 3.73. The maximum absolute atomic E-state index is 13.6. The Morgan fingerprint density at radius 2 is 1.66 bits per heavy atom. The predicted octanol–water partition coefficient (Wildman–Crippen LogP) is 6.81. The first kappa shape index (κ1) is 23.7. The van der Waals surface area contributed by atoms with Crippen LogP contribution in [0.3, 0.4) is 0 Å². The van der Waals surface area contributed by atoms with Crippen LogP contribution in [0.2, 0.25) is 5.15 Å². The van der Waals surface area contributed by atoms with E-state index in [-0.39, 0.29) is 10.7 Å². The summed E-state index contributed by atoms with van der Waals surface area (Å²) in [5.41, 5.74) is 0.367. The summed E-state index contributed by atoms with van der Waals surface area (Å²) in [5.74, 6) is -0.843. The van der Waals surface area contributed by atoms with Crippen LogP contribution in [-0.2, 0) is 16.4 Å². The zero-order chi connectivity index (χ0) is 23.8. The number of carbonyl (C=O) groups is 1. The van der Waals surface area contributed by atoms with Gasteiger partial charge in [0.15, 0.2) is 0 Å². The van der Waals surface area contributed by atoms with Crippen LogP contribution in [0.1, 0.15) is 30.5 Å². The summed E-state index contributed by atoms with van der Waals surface area (Å²) in [5, 5.41) is 0.186. The van der Waals surface area contributed by atoms with Gasteiger partial charge in [-0.3, -0.25) is 4.79 Å². The van der Waals surface area contributed by atoms with Crippen LogP contribution in [0.5, 0.6) is 0 Å². The molecule has 0 fully saturated rings. The molecule has 0 aliphatic rings. The molecule has 168 valence electrons. The molecule has 3 nitrogen and oxygen atoms in total. The summed E-state index contributed by atoms with van der Waals surface area (Å²) in [6.45, 7) is 4.85. The van der Waals surface area contributed by atoms with Gasteiger partial charge in [0.25, 0.3) is 0 Å². The third-order valence-electron chi connectivity index (χ3n) is 5.44. The third kappa shape index (κ3) is 4.63. The number of carbonyl (C=O) groups excluding carboxylic acids is 1. The Kier molecular flexibility index (Phi) is 6.33. The molecule has 32 heavy (non-hydrogen) atoms. The molecule has 0 bridgehead atoms. The number of aromatic nitrogens is 1. The molecular weight excluding hydrogens is 444 g/mol. The minimum atomic E-state index is -4.52. The highest BCUT2D eigenvalue weighted by molar-refractivity contribution is 6.29. The van der Waals surface area contributed by atoms with Crippen LogP contribution >= 0.6 is 11.6 Å². The Bertz CT molecular complexity index is 1170. The second kappa shape index (κ2) is 8.54. The fourth-order valence-electron chi connectivity index (χ4n) is 3.57. The van der Waals surface area contributed by atoms with E-state index < -0.39 is 28.9 Å². The first-order chi connectivity index (χ1) is 14.8. The molecule has 0 N–H and O–H groups in total. The molecule has 3 aromatic rings. The van der Waals surface area contributed by atoms with E-state index >= 15 is 0 Å². The third-order valence-corrected chi connectivity index (χ3v) is 5.65. The van der Waals surface area contributed by atoms with Crippen molar-refractivity contribution >= 4 is 23.2 Å². The van der Waals surface area contributed by atoms with Crippen molar-refractivity contribution in [1.82, 2.24) is 4.98 Å². The van der Waals surface area contributed by atoms with E-state index in [1.165, 1.54) is 42.4 Å². The van der Waals surface area contributed by atoms with Crippen LogP contribution in [0.4, 0.5) is 23.2 Å². The van der Waals surface area contributed by atoms with Gasteiger partial charge < -0.3 is 4.90 Å². The summed E-state index contributed by atoms with van der Waals surface area (Å²) >= 11 is 6.09. The summed E-state index contributed by atoms with van der Waals surface area (Å²) in [4.78, 5) is 18.9. The lowest BCUT2D eigenvalue weighted by molar-refractivity contribution is -0.137. The quantitative estimate of drug-likeness (QED) is 0.314. The zero-order valence-electron chi connectivity index (χ0n) is 17.9. The standard InChI is InChI=1S/C24H21ClF4N2O/c1-14-10-17(26)8-9-18(14)19-12-21(25)30-13-20(19)31(4)22(32)23(2,3)15-6-5-7-16(11-15)24(27,28)29/h5-13H,1-4H3. The van der Waals surface area contributed by atoms with Crippen molar-refractivity contribution in [2.45, 2.75) is 32.4 Å². The van der Waals surface area contributed by atoms with Crippen molar-refractivity contribution in [2.24, 2.45) is 0 Å². The van der Waals surface area contributed by atoms with Gasteiger partial charge in [-0.2, -0.15) is 13.2 Å². The topological polar surface area (TPSA) is 33.2 Å². The van der Waals surface area contributed by atoms with Crippen molar-refractivity contribution in [3.05, 3.63) is 82.4 Å².